The summed E-state index contributed by atoms with van der Waals surface area (Å²) >= 11 is 0. The third-order valence-electron chi connectivity index (χ3n) is 13.2. The lowest BCUT2D eigenvalue weighted by Crippen LogP contribution is -2.18. The van der Waals surface area contributed by atoms with Crippen LogP contribution >= 0.6 is 0 Å². The molecule has 0 atom stereocenters. The molecule has 0 spiro atoms. The zero-order valence-corrected chi connectivity index (χ0v) is 34.9. The molecule has 61 heavy (non-hydrogen) atoms. The van der Waals surface area contributed by atoms with E-state index in [4.69, 9.17) is 0 Å². The molecule has 0 saturated heterocycles. The first-order valence-corrected chi connectivity index (χ1v) is 21.8. The van der Waals surface area contributed by atoms with Gasteiger partial charge >= 0.3 is 0 Å². The fourth-order valence-corrected chi connectivity index (χ4v) is 9.99. The number of fused-ring (bicyclic) bond motifs is 4. The monoisotopic (exact) mass is 784 g/mol. The maximum atomic E-state index is 2.57. The van der Waals surface area contributed by atoms with Gasteiger partial charge in [0.1, 0.15) is 0 Å². The summed E-state index contributed by atoms with van der Waals surface area (Å²) in [5.41, 5.74) is 20.4. The van der Waals surface area contributed by atoms with Gasteiger partial charge in [0.15, 0.2) is 0 Å². The normalized spacial score (nSPS) is 13.6. The Morgan fingerprint density at radius 2 is 0.902 bits per heavy atom. The zero-order valence-electron chi connectivity index (χ0n) is 34.9. The van der Waals surface area contributed by atoms with Gasteiger partial charge in [0.05, 0.1) is 5.69 Å². The summed E-state index contributed by atoms with van der Waals surface area (Å²) in [6, 6.07) is 76.8. The Kier molecular flexibility index (Phi) is 9.16. The number of nitrogens with zero attached hydrogens (tertiary/aromatic N) is 2. The fraction of sp³-hybridized carbons (Fsp3) is 0.119. The van der Waals surface area contributed by atoms with Crippen LogP contribution in [0.1, 0.15) is 47.2 Å². The van der Waals surface area contributed by atoms with Crippen molar-refractivity contribution in [2.45, 2.75) is 44.9 Å². The van der Waals surface area contributed by atoms with Gasteiger partial charge in [-0.05, 0) is 147 Å². The molecule has 2 heteroatoms. The summed E-state index contributed by atoms with van der Waals surface area (Å²) in [6.07, 6.45) is 3.69. The highest BCUT2D eigenvalue weighted by Crippen LogP contribution is 2.52. The minimum atomic E-state index is -0.172. The molecule has 0 aromatic heterocycles. The van der Waals surface area contributed by atoms with Crippen molar-refractivity contribution in [2.24, 2.45) is 0 Å². The number of rotatable bonds is 7. The van der Waals surface area contributed by atoms with Crippen molar-refractivity contribution in [3.05, 3.63) is 240 Å². The minimum Gasteiger partial charge on any atom is -0.310 e. The standard InChI is InChI=1S/C59H48N2/c1-59(2)54-39-47(43-15-6-3-7-16-43)33-35-52(54)53-36-34-50(40-55(53)59)61(56-24-14-18-44-17-12-13-23-51(44)56)58-38-42-26-30-45-29-25-41(27-31-46(58)32-28-42)37-57(45)60(48-19-8-4-9-20-48)49-21-10-5-11-22-49/h3-25,28-29,32-40H,26-27,30-31H2,1-2H3. The molecule has 0 radical (unpaired) electrons. The smallest absolute Gasteiger partial charge is 0.0540 e. The summed E-state index contributed by atoms with van der Waals surface area (Å²) in [7, 11) is 0. The quantitative estimate of drug-likeness (QED) is 0.159. The maximum Gasteiger partial charge on any atom is 0.0540 e. The average molecular weight is 785 g/mol. The Bertz CT molecular complexity index is 3010. The summed E-state index contributed by atoms with van der Waals surface area (Å²) in [5.74, 6) is 0. The number of para-hydroxylation sites is 2. The molecule has 0 heterocycles. The molecule has 2 nitrogen and oxygen atoms in total. The first-order valence-electron chi connectivity index (χ1n) is 21.8. The molecule has 0 amide bonds. The average Bonchev–Trinajstić information content (AvgIpc) is 3.53. The second kappa shape index (κ2) is 15.1. The molecule has 14 rings (SSSR count). The summed E-state index contributed by atoms with van der Waals surface area (Å²) < 4.78 is 0. The summed E-state index contributed by atoms with van der Waals surface area (Å²) in [4.78, 5) is 5.01. The Morgan fingerprint density at radius 3 is 1.56 bits per heavy atom. The molecule has 0 N–H and O–H groups in total. The van der Waals surface area contributed by atoms with Crippen LogP contribution in [0.5, 0.6) is 0 Å². The predicted molar refractivity (Wildman–Crippen MR) is 258 cm³/mol. The highest BCUT2D eigenvalue weighted by molar-refractivity contribution is 6.00. The first-order chi connectivity index (χ1) is 30.0. The van der Waals surface area contributed by atoms with Crippen molar-refractivity contribution >= 4 is 44.9 Å². The molecule has 0 fully saturated rings. The van der Waals surface area contributed by atoms with Gasteiger partial charge in [0, 0.05) is 39.2 Å². The number of aryl methyl sites for hydroxylation is 4. The van der Waals surface area contributed by atoms with E-state index in [2.05, 4.69) is 230 Å². The van der Waals surface area contributed by atoms with Gasteiger partial charge < -0.3 is 9.80 Å². The van der Waals surface area contributed by atoms with Gasteiger partial charge in [-0.3, -0.25) is 0 Å². The van der Waals surface area contributed by atoms with E-state index in [9.17, 15) is 0 Å². The van der Waals surface area contributed by atoms with Gasteiger partial charge in [0.25, 0.3) is 0 Å². The lowest BCUT2D eigenvalue weighted by molar-refractivity contribution is 0.660. The van der Waals surface area contributed by atoms with Crippen molar-refractivity contribution in [3.63, 3.8) is 0 Å². The number of anilines is 6. The third-order valence-corrected chi connectivity index (χ3v) is 13.2. The number of hydrogen-bond donors (Lipinski definition) is 0. The fourth-order valence-electron chi connectivity index (χ4n) is 9.99. The molecular weight excluding hydrogens is 737 g/mol. The van der Waals surface area contributed by atoms with Gasteiger partial charge in [-0.25, -0.2) is 0 Å². The second-order valence-corrected chi connectivity index (χ2v) is 17.2. The van der Waals surface area contributed by atoms with Crippen molar-refractivity contribution in [2.75, 3.05) is 9.80 Å². The van der Waals surface area contributed by atoms with Crippen LogP contribution in [0.25, 0.3) is 33.0 Å². The molecule has 0 aliphatic heterocycles. The number of hydrogen-bond acceptors (Lipinski definition) is 2. The lowest BCUT2D eigenvalue weighted by Gasteiger charge is -2.32. The van der Waals surface area contributed by atoms with Gasteiger partial charge in [-0.15, -0.1) is 0 Å². The maximum absolute atomic E-state index is 2.57. The van der Waals surface area contributed by atoms with Crippen LogP contribution in [-0.2, 0) is 31.1 Å². The van der Waals surface area contributed by atoms with Crippen LogP contribution in [-0.4, -0.2) is 0 Å². The van der Waals surface area contributed by atoms with E-state index in [-0.39, 0.29) is 5.41 Å². The third kappa shape index (κ3) is 6.60. The molecule has 4 bridgehead atoms. The lowest BCUT2D eigenvalue weighted by atomic mass is 9.81. The topological polar surface area (TPSA) is 6.48 Å². The zero-order chi connectivity index (χ0) is 40.9. The van der Waals surface area contributed by atoms with Crippen LogP contribution in [0, 0.1) is 0 Å². The molecule has 5 aliphatic carbocycles. The molecule has 0 unspecified atom stereocenters. The van der Waals surface area contributed by atoms with Crippen LogP contribution in [0.4, 0.5) is 34.1 Å². The van der Waals surface area contributed by atoms with E-state index in [1.165, 1.54) is 101 Å². The van der Waals surface area contributed by atoms with Crippen molar-refractivity contribution < 1.29 is 0 Å². The Morgan fingerprint density at radius 1 is 0.361 bits per heavy atom. The molecule has 9 aromatic rings. The van der Waals surface area contributed by atoms with Crippen molar-refractivity contribution in [1.29, 1.82) is 0 Å². The van der Waals surface area contributed by atoms with E-state index in [0.29, 0.717) is 0 Å². The highest BCUT2D eigenvalue weighted by Gasteiger charge is 2.36. The van der Waals surface area contributed by atoms with Gasteiger partial charge in [-0.2, -0.15) is 0 Å². The molecular formula is C59H48N2. The van der Waals surface area contributed by atoms with Crippen LogP contribution in [0.15, 0.2) is 206 Å². The molecule has 0 saturated carbocycles. The largest absolute Gasteiger partial charge is 0.310 e. The van der Waals surface area contributed by atoms with E-state index in [1.54, 1.807) is 0 Å². The Labute approximate surface area is 360 Å². The van der Waals surface area contributed by atoms with Gasteiger partial charge in [-0.1, -0.05) is 159 Å². The minimum absolute atomic E-state index is 0.172. The van der Waals surface area contributed by atoms with Crippen LogP contribution in [0.2, 0.25) is 0 Å². The van der Waals surface area contributed by atoms with E-state index in [0.717, 1.165) is 25.7 Å². The van der Waals surface area contributed by atoms with Crippen LogP contribution < -0.4 is 9.80 Å². The van der Waals surface area contributed by atoms with E-state index in [1.807, 2.05) is 0 Å². The molecule has 294 valence electrons. The van der Waals surface area contributed by atoms with E-state index >= 15 is 0 Å². The van der Waals surface area contributed by atoms with Crippen LogP contribution in [0.3, 0.4) is 0 Å². The van der Waals surface area contributed by atoms with E-state index < -0.39 is 0 Å². The van der Waals surface area contributed by atoms with Crippen molar-refractivity contribution in [3.8, 4) is 22.3 Å². The van der Waals surface area contributed by atoms with Gasteiger partial charge in [0.2, 0.25) is 0 Å². The second-order valence-electron chi connectivity index (χ2n) is 17.2. The Hall–Kier alpha value is -7.16. The summed E-state index contributed by atoms with van der Waals surface area (Å²) in [5, 5.41) is 2.49. The number of benzene rings is 9. The SMILES string of the molecule is CC1(C)c2cc(-c3ccccc3)ccc2-c2ccc(N(c3cc4ccc3CCc3ccc(c(N(c5ccccc5)c5ccccc5)c3)CC4)c3cccc4ccccc34)cc21. The molecule has 5 aliphatic rings. The predicted octanol–water partition coefficient (Wildman–Crippen LogP) is 15.6. The highest BCUT2D eigenvalue weighted by atomic mass is 15.2. The molecule has 9 aromatic carbocycles. The summed E-state index contributed by atoms with van der Waals surface area (Å²) in [6.45, 7) is 4.80. The Balaban J connectivity index is 1.03. The first kappa shape index (κ1) is 36.9. The van der Waals surface area contributed by atoms with Crippen molar-refractivity contribution in [1.82, 2.24) is 0 Å².